The first-order valence-corrected chi connectivity index (χ1v) is 10.9. The molecule has 0 amide bonds. The Morgan fingerprint density at radius 2 is 1.77 bits per heavy atom. The van der Waals surface area contributed by atoms with Crippen molar-refractivity contribution in [2.75, 3.05) is 31.1 Å². The quantitative estimate of drug-likeness (QED) is 0.666. The highest BCUT2D eigenvalue weighted by molar-refractivity contribution is 7.89. The number of hydrogen-bond acceptors (Lipinski definition) is 6. The molecular weight excluding hydrogens is 392 g/mol. The fourth-order valence-corrected chi connectivity index (χ4v) is 5.57. The minimum atomic E-state index is -3.51. The highest BCUT2D eigenvalue weighted by Gasteiger charge is 2.29. The predicted octanol–water partition coefficient (Wildman–Crippen LogP) is 3.16. The molecule has 0 aliphatic carbocycles. The third kappa shape index (κ3) is 3.07. The number of nitrogens with zero attached hydrogens (tertiary/aromatic N) is 4. The third-order valence-corrected chi connectivity index (χ3v) is 7.69. The summed E-state index contributed by atoms with van der Waals surface area (Å²) in [6.07, 6.45) is 1.57. The molecule has 1 aliphatic rings. The lowest BCUT2D eigenvalue weighted by molar-refractivity contribution is 0.384. The van der Waals surface area contributed by atoms with Crippen molar-refractivity contribution < 1.29 is 8.42 Å². The van der Waals surface area contributed by atoms with Crippen LogP contribution in [0.4, 0.5) is 5.82 Å². The maximum absolute atomic E-state index is 12.8. The van der Waals surface area contributed by atoms with E-state index in [4.69, 9.17) is 11.6 Å². The van der Waals surface area contributed by atoms with Gasteiger partial charge in [0, 0.05) is 31.2 Å². The topological polar surface area (TPSA) is 66.4 Å². The molecular formula is C17H17ClN4O2S2. The summed E-state index contributed by atoms with van der Waals surface area (Å²) >= 11 is 7.46. The summed E-state index contributed by atoms with van der Waals surface area (Å²) in [7, 11) is -3.51. The van der Waals surface area contributed by atoms with E-state index in [1.54, 1.807) is 41.9 Å². The van der Waals surface area contributed by atoms with Gasteiger partial charge in [-0.15, -0.1) is 11.3 Å². The molecule has 9 heteroatoms. The first-order valence-electron chi connectivity index (χ1n) is 8.16. The summed E-state index contributed by atoms with van der Waals surface area (Å²) in [5, 5.41) is 3.66. The monoisotopic (exact) mass is 408 g/mol. The molecule has 1 aliphatic heterocycles. The van der Waals surface area contributed by atoms with Gasteiger partial charge < -0.3 is 4.90 Å². The number of aryl methyl sites for hydroxylation is 1. The molecule has 136 valence electrons. The van der Waals surface area contributed by atoms with Crippen LogP contribution in [0.3, 0.4) is 0 Å². The second-order valence-corrected chi connectivity index (χ2v) is 9.37. The molecule has 3 aromatic rings. The number of benzene rings is 1. The third-order valence-electron chi connectivity index (χ3n) is 4.52. The average molecular weight is 409 g/mol. The fraction of sp³-hybridized carbons (Fsp3) is 0.294. The summed E-state index contributed by atoms with van der Waals surface area (Å²) in [6, 6.07) is 6.29. The highest BCUT2D eigenvalue weighted by atomic mass is 35.5. The van der Waals surface area contributed by atoms with Crippen molar-refractivity contribution in [2.45, 2.75) is 11.8 Å². The van der Waals surface area contributed by atoms with E-state index in [0.717, 1.165) is 21.6 Å². The zero-order chi connectivity index (χ0) is 18.3. The van der Waals surface area contributed by atoms with Crippen LogP contribution in [0.2, 0.25) is 5.02 Å². The molecule has 0 atom stereocenters. The molecule has 1 fully saturated rings. The number of rotatable bonds is 3. The van der Waals surface area contributed by atoms with Crippen molar-refractivity contribution in [3.05, 3.63) is 46.6 Å². The van der Waals surface area contributed by atoms with E-state index in [2.05, 4.69) is 20.2 Å². The van der Waals surface area contributed by atoms with E-state index in [1.807, 2.05) is 6.92 Å². The van der Waals surface area contributed by atoms with Gasteiger partial charge in [0.15, 0.2) is 0 Å². The Bertz CT molecular complexity index is 1040. The lowest BCUT2D eigenvalue weighted by Crippen LogP contribution is -2.49. The van der Waals surface area contributed by atoms with E-state index in [-0.39, 0.29) is 4.90 Å². The largest absolute Gasteiger partial charge is 0.353 e. The zero-order valence-electron chi connectivity index (χ0n) is 14.1. The van der Waals surface area contributed by atoms with Crippen molar-refractivity contribution in [3.8, 4) is 0 Å². The van der Waals surface area contributed by atoms with Crippen molar-refractivity contribution in [1.82, 2.24) is 14.3 Å². The molecule has 0 spiro atoms. The van der Waals surface area contributed by atoms with Crippen molar-refractivity contribution in [2.24, 2.45) is 0 Å². The molecule has 26 heavy (non-hydrogen) atoms. The van der Waals surface area contributed by atoms with E-state index in [1.165, 1.54) is 4.31 Å². The number of thiophene rings is 1. The fourth-order valence-electron chi connectivity index (χ4n) is 3.13. The van der Waals surface area contributed by atoms with Crippen LogP contribution in [0, 0.1) is 6.92 Å². The Morgan fingerprint density at radius 1 is 1.08 bits per heavy atom. The molecule has 6 nitrogen and oxygen atoms in total. The normalized spacial score (nSPS) is 16.3. The Morgan fingerprint density at radius 3 is 2.46 bits per heavy atom. The number of anilines is 1. The maximum Gasteiger partial charge on any atom is 0.243 e. The van der Waals surface area contributed by atoms with Gasteiger partial charge in [0.05, 0.1) is 10.3 Å². The summed E-state index contributed by atoms with van der Waals surface area (Å²) in [6.45, 7) is 4.06. The van der Waals surface area contributed by atoms with Crippen LogP contribution in [0.1, 0.15) is 5.56 Å². The molecule has 3 heterocycles. The van der Waals surface area contributed by atoms with E-state index < -0.39 is 10.0 Å². The van der Waals surface area contributed by atoms with Gasteiger partial charge in [-0.2, -0.15) is 4.31 Å². The molecule has 4 rings (SSSR count). The summed E-state index contributed by atoms with van der Waals surface area (Å²) in [4.78, 5) is 12.1. The standard InChI is InChI=1S/C17H17ClN4O2S2/c1-12-10-25-17-15(12)16(19-11-20-17)21-6-8-22(9-7-21)26(23,24)14-4-2-13(18)3-5-14/h2-5,10-11H,6-9H2,1H3. The van der Waals surface area contributed by atoms with Gasteiger partial charge in [-0.05, 0) is 42.1 Å². The minimum absolute atomic E-state index is 0.272. The highest BCUT2D eigenvalue weighted by Crippen LogP contribution is 2.31. The van der Waals surface area contributed by atoms with Crippen LogP contribution < -0.4 is 4.90 Å². The number of aromatic nitrogens is 2. The average Bonchev–Trinajstić information content (AvgIpc) is 3.04. The number of fused-ring (bicyclic) bond motifs is 1. The lowest BCUT2D eigenvalue weighted by Gasteiger charge is -2.35. The van der Waals surface area contributed by atoms with E-state index in [9.17, 15) is 8.42 Å². The van der Waals surface area contributed by atoms with Crippen molar-refractivity contribution in [3.63, 3.8) is 0 Å². The molecule has 0 N–H and O–H groups in total. The number of piperazine rings is 1. The van der Waals surface area contributed by atoms with E-state index >= 15 is 0 Å². The smallest absolute Gasteiger partial charge is 0.243 e. The Hall–Kier alpha value is -1.74. The Balaban J connectivity index is 1.55. The summed E-state index contributed by atoms with van der Waals surface area (Å²) in [5.41, 5.74) is 1.15. The van der Waals surface area contributed by atoms with Gasteiger partial charge in [-0.1, -0.05) is 11.6 Å². The van der Waals surface area contributed by atoms with Gasteiger partial charge in [0.1, 0.15) is 17.0 Å². The minimum Gasteiger partial charge on any atom is -0.353 e. The Kier molecular flexibility index (Phi) is 4.60. The van der Waals surface area contributed by atoms with Gasteiger partial charge >= 0.3 is 0 Å². The summed E-state index contributed by atoms with van der Waals surface area (Å²) in [5.74, 6) is 0.886. The van der Waals surface area contributed by atoms with Crippen LogP contribution in [0.25, 0.3) is 10.2 Å². The van der Waals surface area contributed by atoms with Crippen LogP contribution in [0.15, 0.2) is 40.9 Å². The van der Waals surface area contributed by atoms with E-state index in [0.29, 0.717) is 31.2 Å². The van der Waals surface area contributed by atoms with Crippen LogP contribution in [-0.2, 0) is 10.0 Å². The van der Waals surface area contributed by atoms with Crippen LogP contribution in [-0.4, -0.2) is 48.9 Å². The van der Waals surface area contributed by atoms with Gasteiger partial charge in [0.25, 0.3) is 0 Å². The lowest BCUT2D eigenvalue weighted by atomic mass is 10.2. The maximum atomic E-state index is 12.8. The van der Waals surface area contributed by atoms with Gasteiger partial charge in [-0.25, -0.2) is 18.4 Å². The molecule has 0 saturated carbocycles. The first-order chi connectivity index (χ1) is 12.5. The molecule has 1 saturated heterocycles. The van der Waals surface area contributed by atoms with Crippen molar-refractivity contribution >= 4 is 49.0 Å². The first kappa shape index (κ1) is 17.7. The molecule has 0 unspecified atom stereocenters. The SMILES string of the molecule is Cc1csc2ncnc(N3CCN(S(=O)(=O)c4ccc(Cl)cc4)CC3)c12. The molecule has 2 aromatic heterocycles. The molecule has 1 aromatic carbocycles. The number of sulfonamides is 1. The van der Waals surface area contributed by atoms with Gasteiger partial charge in [-0.3, -0.25) is 0 Å². The number of hydrogen-bond donors (Lipinski definition) is 0. The zero-order valence-corrected chi connectivity index (χ0v) is 16.5. The Labute approximate surface area is 161 Å². The van der Waals surface area contributed by atoms with Crippen LogP contribution in [0.5, 0.6) is 0 Å². The second kappa shape index (κ2) is 6.77. The predicted molar refractivity (Wildman–Crippen MR) is 105 cm³/mol. The van der Waals surface area contributed by atoms with Crippen LogP contribution >= 0.6 is 22.9 Å². The second-order valence-electron chi connectivity index (χ2n) is 6.14. The molecule has 0 bridgehead atoms. The molecule has 0 radical (unpaired) electrons. The summed E-state index contributed by atoms with van der Waals surface area (Å²) < 4.78 is 27.1. The van der Waals surface area contributed by atoms with Gasteiger partial charge in [0.2, 0.25) is 10.0 Å². The van der Waals surface area contributed by atoms with Crippen molar-refractivity contribution in [1.29, 1.82) is 0 Å². The number of halogens is 1.